The van der Waals surface area contributed by atoms with Crippen LogP contribution >= 0.6 is 11.6 Å². The highest BCUT2D eigenvalue weighted by Gasteiger charge is 2.05. The van der Waals surface area contributed by atoms with Gasteiger partial charge < -0.3 is 5.11 Å². The second kappa shape index (κ2) is 4.75. The molecule has 0 fully saturated rings. The number of carboxylic acid groups (broad SMARTS) is 1. The Hall–Kier alpha value is -1.61. The predicted molar refractivity (Wildman–Crippen MR) is 57.9 cm³/mol. The molecular weight excluding hydrogens is 216 g/mol. The number of ketones is 1. The highest BCUT2D eigenvalue weighted by atomic mass is 35.5. The van der Waals surface area contributed by atoms with Crippen molar-refractivity contribution >= 4 is 29.4 Å². The Labute approximate surface area is 92.0 Å². The van der Waals surface area contributed by atoms with Gasteiger partial charge in [-0.15, -0.1) is 0 Å². The van der Waals surface area contributed by atoms with Gasteiger partial charge in [-0.2, -0.15) is 0 Å². The van der Waals surface area contributed by atoms with Gasteiger partial charge in [-0.1, -0.05) is 23.7 Å². The summed E-state index contributed by atoms with van der Waals surface area (Å²) in [6, 6.07) is 5.15. The zero-order valence-corrected chi connectivity index (χ0v) is 8.78. The van der Waals surface area contributed by atoms with Gasteiger partial charge in [0.25, 0.3) is 5.78 Å². The first-order valence-electron chi connectivity index (χ1n) is 4.22. The van der Waals surface area contributed by atoms with E-state index in [2.05, 4.69) is 0 Å². The first-order chi connectivity index (χ1) is 7.00. The molecular formula is C11H9ClO3. The average Bonchev–Trinajstić information content (AvgIpc) is 2.15. The standard InChI is InChI=1S/C11H9ClO3/c1-7-6-9(12)4-2-8(7)3-5-10(13)11(14)15/h2-6H,1H3,(H,14,15)/b5-3+. The van der Waals surface area contributed by atoms with Crippen molar-refractivity contribution in [2.75, 3.05) is 0 Å². The van der Waals surface area contributed by atoms with Gasteiger partial charge in [-0.05, 0) is 36.3 Å². The van der Waals surface area contributed by atoms with E-state index in [1.165, 1.54) is 6.08 Å². The number of aryl methyl sites for hydroxylation is 1. The summed E-state index contributed by atoms with van der Waals surface area (Å²) in [5.74, 6) is -2.40. The Morgan fingerprint density at radius 1 is 1.40 bits per heavy atom. The molecule has 1 aromatic rings. The van der Waals surface area contributed by atoms with Gasteiger partial charge in [0.05, 0.1) is 0 Å². The number of benzene rings is 1. The molecule has 0 saturated heterocycles. The number of carbonyl (C=O) groups excluding carboxylic acids is 1. The SMILES string of the molecule is Cc1cc(Cl)ccc1/C=C/C(=O)C(=O)O. The van der Waals surface area contributed by atoms with Gasteiger partial charge >= 0.3 is 5.97 Å². The Balaban J connectivity index is 2.90. The molecule has 1 aromatic carbocycles. The van der Waals surface area contributed by atoms with Crippen LogP contribution in [-0.4, -0.2) is 16.9 Å². The van der Waals surface area contributed by atoms with Crippen molar-refractivity contribution in [1.82, 2.24) is 0 Å². The third kappa shape index (κ3) is 3.22. The van der Waals surface area contributed by atoms with E-state index >= 15 is 0 Å². The quantitative estimate of drug-likeness (QED) is 0.633. The van der Waals surface area contributed by atoms with Gasteiger partial charge in [-0.3, -0.25) is 4.79 Å². The van der Waals surface area contributed by atoms with Crippen LogP contribution in [0, 0.1) is 6.92 Å². The van der Waals surface area contributed by atoms with E-state index in [0.29, 0.717) is 5.02 Å². The number of hydrogen-bond acceptors (Lipinski definition) is 2. The van der Waals surface area contributed by atoms with Crippen molar-refractivity contribution in [3.05, 3.63) is 40.4 Å². The van der Waals surface area contributed by atoms with E-state index in [9.17, 15) is 9.59 Å². The van der Waals surface area contributed by atoms with Crippen molar-refractivity contribution in [1.29, 1.82) is 0 Å². The first kappa shape index (κ1) is 11.5. The minimum absolute atomic E-state index is 0.606. The highest BCUT2D eigenvalue weighted by Crippen LogP contribution is 2.16. The van der Waals surface area contributed by atoms with E-state index in [0.717, 1.165) is 17.2 Å². The molecule has 0 aliphatic rings. The maximum Gasteiger partial charge on any atom is 0.376 e. The number of rotatable bonds is 3. The molecule has 1 rings (SSSR count). The molecule has 4 heteroatoms. The number of carbonyl (C=O) groups is 2. The Morgan fingerprint density at radius 3 is 2.60 bits per heavy atom. The third-order valence-corrected chi connectivity index (χ3v) is 2.09. The Morgan fingerprint density at radius 2 is 2.07 bits per heavy atom. The fraction of sp³-hybridized carbons (Fsp3) is 0.0909. The van der Waals surface area contributed by atoms with Crippen LogP contribution in [0.2, 0.25) is 5.02 Å². The van der Waals surface area contributed by atoms with Gasteiger partial charge in [-0.25, -0.2) is 4.79 Å². The van der Waals surface area contributed by atoms with Crippen molar-refractivity contribution in [3.63, 3.8) is 0 Å². The van der Waals surface area contributed by atoms with Crippen LogP contribution in [-0.2, 0) is 9.59 Å². The van der Waals surface area contributed by atoms with Crippen molar-refractivity contribution in [3.8, 4) is 0 Å². The maximum absolute atomic E-state index is 10.8. The van der Waals surface area contributed by atoms with Crippen LogP contribution in [0.25, 0.3) is 6.08 Å². The maximum atomic E-state index is 10.8. The normalized spacial score (nSPS) is 10.5. The summed E-state index contributed by atoms with van der Waals surface area (Å²) < 4.78 is 0. The molecule has 0 bridgehead atoms. The van der Waals surface area contributed by atoms with Gasteiger partial charge in [0, 0.05) is 5.02 Å². The predicted octanol–water partition coefficient (Wildman–Crippen LogP) is 2.32. The highest BCUT2D eigenvalue weighted by molar-refractivity contribution is 6.38. The average molecular weight is 225 g/mol. The van der Waals surface area contributed by atoms with E-state index in [1.807, 2.05) is 6.92 Å². The molecule has 0 aliphatic carbocycles. The first-order valence-corrected chi connectivity index (χ1v) is 4.60. The number of aliphatic carboxylic acids is 1. The lowest BCUT2D eigenvalue weighted by Gasteiger charge is -1.99. The number of halogens is 1. The number of hydrogen-bond donors (Lipinski definition) is 1. The molecule has 1 N–H and O–H groups in total. The van der Waals surface area contributed by atoms with E-state index in [4.69, 9.17) is 16.7 Å². The molecule has 0 aromatic heterocycles. The van der Waals surface area contributed by atoms with Crippen molar-refractivity contribution in [2.24, 2.45) is 0 Å². The monoisotopic (exact) mass is 224 g/mol. The summed E-state index contributed by atoms with van der Waals surface area (Å²) in [4.78, 5) is 21.0. The van der Waals surface area contributed by atoms with E-state index < -0.39 is 11.8 Å². The molecule has 0 amide bonds. The van der Waals surface area contributed by atoms with Crippen molar-refractivity contribution in [2.45, 2.75) is 6.92 Å². The third-order valence-electron chi connectivity index (χ3n) is 1.86. The lowest BCUT2D eigenvalue weighted by Crippen LogP contribution is -2.08. The van der Waals surface area contributed by atoms with Crippen LogP contribution in [0.3, 0.4) is 0 Å². The Bertz CT molecular complexity index is 435. The zero-order chi connectivity index (χ0) is 11.4. The summed E-state index contributed by atoms with van der Waals surface area (Å²) >= 11 is 5.74. The summed E-state index contributed by atoms with van der Waals surface area (Å²) in [7, 11) is 0. The lowest BCUT2D eigenvalue weighted by atomic mass is 10.1. The fourth-order valence-electron chi connectivity index (χ4n) is 1.06. The molecule has 78 valence electrons. The smallest absolute Gasteiger partial charge is 0.376 e. The Kier molecular flexibility index (Phi) is 3.63. The van der Waals surface area contributed by atoms with Crippen LogP contribution in [0.1, 0.15) is 11.1 Å². The van der Waals surface area contributed by atoms with Crippen LogP contribution < -0.4 is 0 Å². The molecule has 0 radical (unpaired) electrons. The fourth-order valence-corrected chi connectivity index (χ4v) is 1.29. The van der Waals surface area contributed by atoms with Crippen molar-refractivity contribution < 1.29 is 14.7 Å². The van der Waals surface area contributed by atoms with Gasteiger partial charge in [0.2, 0.25) is 0 Å². The molecule has 0 unspecified atom stereocenters. The molecule has 0 aliphatic heterocycles. The van der Waals surface area contributed by atoms with Crippen LogP contribution in [0.5, 0.6) is 0 Å². The summed E-state index contributed by atoms with van der Waals surface area (Å²) in [6.07, 6.45) is 2.49. The molecule has 3 nitrogen and oxygen atoms in total. The van der Waals surface area contributed by atoms with E-state index in [1.54, 1.807) is 18.2 Å². The van der Waals surface area contributed by atoms with Gasteiger partial charge in [0.15, 0.2) is 0 Å². The van der Waals surface area contributed by atoms with Gasteiger partial charge in [0.1, 0.15) is 0 Å². The topological polar surface area (TPSA) is 54.4 Å². The molecule has 0 atom stereocenters. The molecule has 15 heavy (non-hydrogen) atoms. The molecule has 0 heterocycles. The lowest BCUT2D eigenvalue weighted by molar-refractivity contribution is -0.146. The van der Waals surface area contributed by atoms with Crippen LogP contribution in [0.15, 0.2) is 24.3 Å². The van der Waals surface area contributed by atoms with Crippen LogP contribution in [0.4, 0.5) is 0 Å². The molecule has 0 saturated carbocycles. The van der Waals surface area contributed by atoms with E-state index in [-0.39, 0.29) is 0 Å². The largest absolute Gasteiger partial charge is 0.475 e. The second-order valence-electron chi connectivity index (χ2n) is 3.00. The zero-order valence-electron chi connectivity index (χ0n) is 8.03. The summed E-state index contributed by atoms with van der Waals surface area (Å²) in [5, 5.41) is 8.96. The summed E-state index contributed by atoms with van der Waals surface area (Å²) in [5.41, 5.74) is 1.66. The minimum atomic E-state index is -1.46. The molecule has 0 spiro atoms. The second-order valence-corrected chi connectivity index (χ2v) is 3.44. The minimum Gasteiger partial charge on any atom is -0.475 e. The number of carboxylic acids is 1. The summed E-state index contributed by atoms with van der Waals surface area (Å²) in [6.45, 7) is 1.83.